The maximum Gasteiger partial charge on any atom is 0.237 e. The van der Waals surface area contributed by atoms with Gasteiger partial charge in [-0.15, -0.1) is 10.2 Å². The van der Waals surface area contributed by atoms with Gasteiger partial charge >= 0.3 is 0 Å². The number of para-hydroxylation sites is 1. The lowest BCUT2D eigenvalue weighted by Gasteiger charge is -2.13. The molecule has 0 aliphatic rings. The molecule has 0 saturated heterocycles. The van der Waals surface area contributed by atoms with Crippen LogP contribution in [-0.4, -0.2) is 25.8 Å². The van der Waals surface area contributed by atoms with Gasteiger partial charge in [0.1, 0.15) is 0 Å². The number of anilines is 1. The Morgan fingerprint density at radius 1 is 1.07 bits per heavy atom. The van der Waals surface area contributed by atoms with Crippen LogP contribution in [-0.2, 0) is 4.79 Å². The average molecular weight is 466 g/mol. The van der Waals surface area contributed by atoms with Crippen LogP contribution in [0.2, 0.25) is 15.1 Å². The van der Waals surface area contributed by atoms with Crippen LogP contribution in [0.3, 0.4) is 0 Å². The molecule has 0 unspecified atom stereocenters. The molecule has 4 rings (SSSR count). The maximum absolute atomic E-state index is 12.7. The van der Waals surface area contributed by atoms with E-state index in [0.717, 1.165) is 22.1 Å². The molecule has 0 radical (unpaired) electrons. The summed E-state index contributed by atoms with van der Waals surface area (Å²) in [5, 5.41) is 13.6. The zero-order valence-corrected chi connectivity index (χ0v) is 18.5. The Kier molecular flexibility index (Phi) is 5.62. The van der Waals surface area contributed by atoms with E-state index < -0.39 is 5.25 Å². The Bertz CT molecular complexity index is 1260. The molecule has 0 aliphatic carbocycles. The van der Waals surface area contributed by atoms with E-state index in [-0.39, 0.29) is 5.91 Å². The van der Waals surface area contributed by atoms with Crippen molar-refractivity contribution in [2.75, 3.05) is 5.32 Å². The van der Waals surface area contributed by atoms with Crippen LogP contribution in [0.1, 0.15) is 12.5 Å². The summed E-state index contributed by atoms with van der Waals surface area (Å²) in [5.41, 5.74) is 3.27. The second-order valence-corrected chi connectivity index (χ2v) is 9.05. The van der Waals surface area contributed by atoms with Gasteiger partial charge in [0.15, 0.2) is 10.8 Å². The van der Waals surface area contributed by atoms with E-state index in [1.807, 2.05) is 35.6 Å². The third kappa shape index (κ3) is 3.90. The van der Waals surface area contributed by atoms with Gasteiger partial charge < -0.3 is 5.32 Å². The Balaban J connectivity index is 1.62. The molecular weight excluding hydrogens is 451 g/mol. The lowest BCUT2D eigenvalue weighted by Crippen LogP contribution is -2.23. The number of hydrogen-bond acceptors (Lipinski definition) is 4. The minimum absolute atomic E-state index is 0.233. The first-order chi connectivity index (χ1) is 13.8. The third-order valence-electron chi connectivity index (χ3n) is 4.49. The number of aromatic nitrogens is 3. The highest BCUT2D eigenvalue weighted by atomic mass is 35.5. The fraction of sp³-hybridized carbons (Fsp3) is 0.150. The number of carbonyl (C=O) groups excluding carboxylic acids is 1. The standard InChI is InChI=1S/C20H15Cl3N4OS/c1-10-7-18-25-26-20(27(18)17-6-4-3-5-12(10)17)29-11(2)19(28)24-16-9-14(22)13(21)8-15(16)23/h3-9,11H,1-2H3,(H,24,28)/t11-/m0/s1. The predicted octanol–water partition coefficient (Wildman–Crippen LogP) is 6.27. The van der Waals surface area contributed by atoms with E-state index in [1.54, 1.807) is 6.92 Å². The Hall–Kier alpha value is -1.99. The van der Waals surface area contributed by atoms with Gasteiger partial charge in [-0.05, 0) is 43.7 Å². The molecule has 1 amide bonds. The molecule has 148 valence electrons. The molecule has 0 bridgehead atoms. The summed E-state index contributed by atoms with van der Waals surface area (Å²) < 4.78 is 1.96. The van der Waals surface area contributed by atoms with Crippen molar-refractivity contribution < 1.29 is 4.79 Å². The predicted molar refractivity (Wildman–Crippen MR) is 121 cm³/mol. The molecule has 1 atom stereocenters. The monoisotopic (exact) mass is 464 g/mol. The Morgan fingerprint density at radius 2 is 1.79 bits per heavy atom. The first kappa shape index (κ1) is 20.3. The number of hydrogen-bond donors (Lipinski definition) is 1. The van der Waals surface area contributed by atoms with Gasteiger partial charge in [0.05, 0.1) is 31.5 Å². The highest BCUT2D eigenvalue weighted by Gasteiger charge is 2.20. The van der Waals surface area contributed by atoms with Gasteiger partial charge in [-0.1, -0.05) is 64.8 Å². The summed E-state index contributed by atoms with van der Waals surface area (Å²) >= 11 is 19.4. The number of nitrogens with zero attached hydrogens (tertiary/aromatic N) is 3. The number of rotatable bonds is 4. The van der Waals surface area contributed by atoms with Crippen molar-refractivity contribution in [3.05, 3.63) is 63.1 Å². The van der Waals surface area contributed by atoms with Gasteiger partial charge in [0.25, 0.3) is 0 Å². The third-order valence-corrected chi connectivity index (χ3v) is 6.57. The van der Waals surface area contributed by atoms with E-state index in [1.165, 1.54) is 23.9 Å². The number of nitrogens with one attached hydrogen (secondary N) is 1. The van der Waals surface area contributed by atoms with Crippen LogP contribution in [0.15, 0.2) is 47.6 Å². The highest BCUT2D eigenvalue weighted by molar-refractivity contribution is 8.00. The van der Waals surface area contributed by atoms with Crippen LogP contribution in [0.4, 0.5) is 5.69 Å². The largest absolute Gasteiger partial charge is 0.324 e. The van der Waals surface area contributed by atoms with Gasteiger partial charge in [-0.25, -0.2) is 0 Å². The molecule has 2 aromatic heterocycles. The highest BCUT2D eigenvalue weighted by Crippen LogP contribution is 2.33. The Labute approximate surface area is 186 Å². The molecule has 0 spiro atoms. The minimum Gasteiger partial charge on any atom is -0.324 e. The van der Waals surface area contributed by atoms with E-state index in [4.69, 9.17) is 34.8 Å². The van der Waals surface area contributed by atoms with Crippen molar-refractivity contribution in [1.29, 1.82) is 0 Å². The summed E-state index contributed by atoms with van der Waals surface area (Å²) in [5.74, 6) is -0.233. The van der Waals surface area contributed by atoms with Crippen LogP contribution >= 0.6 is 46.6 Å². The number of carbonyl (C=O) groups is 1. The van der Waals surface area contributed by atoms with Gasteiger partial charge in [-0.3, -0.25) is 9.20 Å². The summed E-state index contributed by atoms with van der Waals surface area (Å²) in [6.07, 6.45) is 0. The lowest BCUT2D eigenvalue weighted by atomic mass is 10.1. The molecular formula is C20H15Cl3N4OS. The summed E-state index contributed by atoms with van der Waals surface area (Å²) in [7, 11) is 0. The molecule has 4 aromatic rings. The van der Waals surface area contributed by atoms with E-state index in [0.29, 0.717) is 25.9 Å². The maximum atomic E-state index is 12.7. The molecule has 29 heavy (non-hydrogen) atoms. The fourth-order valence-corrected chi connectivity index (χ4v) is 4.48. The van der Waals surface area contributed by atoms with Crippen molar-refractivity contribution in [3.8, 4) is 0 Å². The second kappa shape index (κ2) is 8.03. The number of fused-ring (bicyclic) bond motifs is 3. The number of pyridine rings is 1. The van der Waals surface area contributed by atoms with Gasteiger partial charge in [0.2, 0.25) is 5.91 Å². The smallest absolute Gasteiger partial charge is 0.237 e. The van der Waals surface area contributed by atoms with E-state index in [2.05, 4.69) is 21.6 Å². The molecule has 5 nitrogen and oxygen atoms in total. The van der Waals surface area contributed by atoms with Crippen molar-refractivity contribution in [2.24, 2.45) is 0 Å². The van der Waals surface area contributed by atoms with Crippen LogP contribution in [0.25, 0.3) is 16.6 Å². The lowest BCUT2D eigenvalue weighted by molar-refractivity contribution is -0.115. The van der Waals surface area contributed by atoms with Gasteiger partial charge in [-0.2, -0.15) is 0 Å². The SMILES string of the molecule is Cc1cc2nnc(S[C@@H](C)C(=O)Nc3cc(Cl)c(Cl)cc3Cl)n2c2ccccc12. The first-order valence-electron chi connectivity index (χ1n) is 8.70. The normalized spacial score (nSPS) is 12.4. The molecule has 9 heteroatoms. The van der Waals surface area contributed by atoms with E-state index >= 15 is 0 Å². The summed E-state index contributed by atoms with van der Waals surface area (Å²) in [4.78, 5) is 12.7. The number of aryl methyl sites for hydroxylation is 1. The second-order valence-electron chi connectivity index (χ2n) is 6.52. The number of benzene rings is 2. The van der Waals surface area contributed by atoms with Crippen LogP contribution in [0.5, 0.6) is 0 Å². The summed E-state index contributed by atoms with van der Waals surface area (Å²) in [6, 6.07) is 13.1. The molecule has 0 saturated carbocycles. The molecule has 0 aliphatic heterocycles. The zero-order valence-electron chi connectivity index (χ0n) is 15.4. The minimum atomic E-state index is -0.451. The fourth-order valence-electron chi connectivity index (χ4n) is 3.02. The topological polar surface area (TPSA) is 59.3 Å². The van der Waals surface area contributed by atoms with Crippen molar-refractivity contribution in [2.45, 2.75) is 24.3 Å². The van der Waals surface area contributed by atoms with Crippen molar-refractivity contribution in [1.82, 2.24) is 14.6 Å². The first-order valence-corrected chi connectivity index (χ1v) is 10.7. The number of amides is 1. The van der Waals surface area contributed by atoms with Crippen LogP contribution in [0, 0.1) is 6.92 Å². The number of thioether (sulfide) groups is 1. The number of halogens is 3. The molecule has 1 N–H and O–H groups in total. The average Bonchev–Trinajstić information content (AvgIpc) is 3.08. The summed E-state index contributed by atoms with van der Waals surface area (Å²) in [6.45, 7) is 3.84. The van der Waals surface area contributed by atoms with Crippen molar-refractivity contribution >= 4 is 74.7 Å². The quantitative estimate of drug-likeness (QED) is 0.285. The molecule has 2 heterocycles. The van der Waals surface area contributed by atoms with Crippen molar-refractivity contribution in [3.63, 3.8) is 0 Å². The van der Waals surface area contributed by atoms with E-state index in [9.17, 15) is 4.79 Å². The Morgan fingerprint density at radius 3 is 2.59 bits per heavy atom. The zero-order chi connectivity index (χ0) is 20.7. The molecule has 2 aromatic carbocycles. The molecule has 0 fully saturated rings. The van der Waals surface area contributed by atoms with Crippen LogP contribution < -0.4 is 5.32 Å². The van der Waals surface area contributed by atoms with Gasteiger partial charge in [0, 0.05) is 5.39 Å².